The van der Waals surface area contributed by atoms with Gasteiger partial charge in [0, 0.05) is 11.9 Å². The summed E-state index contributed by atoms with van der Waals surface area (Å²) < 4.78 is 0. The zero-order valence-corrected chi connectivity index (χ0v) is 12.0. The van der Waals surface area contributed by atoms with E-state index < -0.39 is 6.04 Å². The van der Waals surface area contributed by atoms with Crippen molar-refractivity contribution in [2.75, 3.05) is 12.3 Å². The molecule has 0 bridgehead atoms. The predicted octanol–water partition coefficient (Wildman–Crippen LogP) is 1.07. The number of nitrogen functional groups attached to an aromatic ring is 1. The fourth-order valence-electron chi connectivity index (χ4n) is 2.05. The minimum Gasteiger partial charge on any atom is -0.384 e. The van der Waals surface area contributed by atoms with Gasteiger partial charge in [0.25, 0.3) is 5.91 Å². The minimum absolute atomic E-state index is 0.225. The number of carbonyl (C=O) groups is 2. The number of para-hydroxylation sites is 1. The van der Waals surface area contributed by atoms with Crippen LogP contribution < -0.4 is 16.4 Å². The molecule has 0 aliphatic carbocycles. The number of nitrogens with two attached hydrogens (primary N) is 1. The molecule has 6 nitrogen and oxygen atoms in total. The molecule has 2 amide bonds. The van der Waals surface area contributed by atoms with Crippen molar-refractivity contribution in [3.8, 4) is 0 Å². The molecular formula is C15H18N4O2. The number of nitrogens with one attached hydrogen (secondary N) is 2. The van der Waals surface area contributed by atoms with Crippen LogP contribution >= 0.6 is 0 Å². The maximum Gasteiger partial charge on any atom is 0.252 e. The van der Waals surface area contributed by atoms with E-state index in [4.69, 9.17) is 5.73 Å². The summed E-state index contributed by atoms with van der Waals surface area (Å²) in [7, 11) is 0. The number of hydrogen-bond acceptors (Lipinski definition) is 4. The number of benzene rings is 1. The van der Waals surface area contributed by atoms with Crippen LogP contribution in [0.4, 0.5) is 5.82 Å². The van der Waals surface area contributed by atoms with Crippen molar-refractivity contribution in [3.05, 3.63) is 35.9 Å². The third kappa shape index (κ3) is 3.28. The van der Waals surface area contributed by atoms with E-state index in [1.807, 2.05) is 19.1 Å². The molecule has 1 unspecified atom stereocenters. The van der Waals surface area contributed by atoms with Gasteiger partial charge >= 0.3 is 0 Å². The lowest BCUT2D eigenvalue weighted by atomic mass is 10.1. The summed E-state index contributed by atoms with van der Waals surface area (Å²) in [4.78, 5) is 28.2. The van der Waals surface area contributed by atoms with E-state index in [9.17, 15) is 9.59 Å². The van der Waals surface area contributed by atoms with Gasteiger partial charge in [-0.25, -0.2) is 4.98 Å². The molecule has 110 valence electrons. The largest absolute Gasteiger partial charge is 0.384 e. The molecule has 0 radical (unpaired) electrons. The molecule has 1 heterocycles. The Labute approximate surface area is 122 Å². The third-order valence-corrected chi connectivity index (χ3v) is 3.07. The highest BCUT2D eigenvalue weighted by atomic mass is 16.2. The molecule has 2 rings (SSSR count). The second-order valence-electron chi connectivity index (χ2n) is 4.70. The number of amides is 2. The van der Waals surface area contributed by atoms with E-state index >= 15 is 0 Å². The number of fused-ring (bicyclic) bond motifs is 1. The van der Waals surface area contributed by atoms with Crippen LogP contribution in [-0.4, -0.2) is 29.4 Å². The van der Waals surface area contributed by atoms with Crippen molar-refractivity contribution in [3.63, 3.8) is 0 Å². The van der Waals surface area contributed by atoms with Crippen molar-refractivity contribution < 1.29 is 9.59 Å². The maximum absolute atomic E-state index is 12.4. The molecule has 4 N–H and O–H groups in total. The van der Waals surface area contributed by atoms with Crippen LogP contribution in [0.2, 0.25) is 0 Å². The van der Waals surface area contributed by atoms with Crippen LogP contribution in [0.1, 0.15) is 24.2 Å². The van der Waals surface area contributed by atoms with Crippen LogP contribution in [0.15, 0.2) is 30.3 Å². The molecule has 1 atom stereocenters. The average Bonchev–Trinajstić information content (AvgIpc) is 2.46. The van der Waals surface area contributed by atoms with Crippen molar-refractivity contribution in [1.82, 2.24) is 15.6 Å². The number of rotatable bonds is 4. The van der Waals surface area contributed by atoms with Crippen LogP contribution in [0.3, 0.4) is 0 Å². The van der Waals surface area contributed by atoms with E-state index in [0.717, 1.165) is 0 Å². The number of pyridine rings is 1. The Kier molecular flexibility index (Phi) is 4.37. The first-order valence-corrected chi connectivity index (χ1v) is 6.76. The molecule has 6 heteroatoms. The Hall–Kier alpha value is -2.63. The highest BCUT2D eigenvalue weighted by Crippen LogP contribution is 2.19. The Morgan fingerprint density at radius 1 is 1.33 bits per heavy atom. The number of anilines is 1. The van der Waals surface area contributed by atoms with Crippen LogP contribution in [0.5, 0.6) is 0 Å². The van der Waals surface area contributed by atoms with Gasteiger partial charge in [-0.2, -0.15) is 0 Å². The fraction of sp³-hybridized carbons (Fsp3) is 0.267. The summed E-state index contributed by atoms with van der Waals surface area (Å²) in [5.74, 6) is -0.305. The van der Waals surface area contributed by atoms with Crippen LogP contribution in [0.25, 0.3) is 10.9 Å². The molecule has 0 saturated carbocycles. The lowest BCUT2D eigenvalue weighted by Gasteiger charge is -2.14. The molecule has 21 heavy (non-hydrogen) atoms. The van der Waals surface area contributed by atoms with Crippen molar-refractivity contribution in [1.29, 1.82) is 0 Å². The number of hydrogen-bond donors (Lipinski definition) is 3. The minimum atomic E-state index is -0.620. The van der Waals surface area contributed by atoms with Crippen LogP contribution in [-0.2, 0) is 4.79 Å². The van der Waals surface area contributed by atoms with Gasteiger partial charge in [0.2, 0.25) is 5.91 Å². The van der Waals surface area contributed by atoms with Gasteiger partial charge in [-0.1, -0.05) is 18.2 Å². The van der Waals surface area contributed by atoms with E-state index in [2.05, 4.69) is 15.6 Å². The second kappa shape index (κ2) is 6.21. The molecule has 0 saturated heterocycles. The summed E-state index contributed by atoms with van der Waals surface area (Å²) in [5, 5.41) is 6.03. The Morgan fingerprint density at radius 3 is 2.76 bits per heavy atom. The maximum atomic E-state index is 12.4. The van der Waals surface area contributed by atoms with E-state index in [1.165, 1.54) is 6.07 Å². The van der Waals surface area contributed by atoms with Crippen molar-refractivity contribution >= 4 is 28.5 Å². The number of nitrogens with zero attached hydrogens (tertiary/aromatic N) is 1. The van der Waals surface area contributed by atoms with E-state index in [-0.39, 0.29) is 17.6 Å². The molecule has 0 aliphatic heterocycles. The Balaban J connectivity index is 2.29. The summed E-state index contributed by atoms with van der Waals surface area (Å²) in [5.41, 5.74) is 6.79. The second-order valence-corrected chi connectivity index (χ2v) is 4.70. The van der Waals surface area contributed by atoms with Gasteiger partial charge in [-0.05, 0) is 26.0 Å². The van der Waals surface area contributed by atoms with E-state index in [0.29, 0.717) is 23.0 Å². The third-order valence-electron chi connectivity index (χ3n) is 3.07. The number of carbonyl (C=O) groups excluding carboxylic acids is 2. The highest BCUT2D eigenvalue weighted by Gasteiger charge is 2.18. The monoisotopic (exact) mass is 286 g/mol. The van der Waals surface area contributed by atoms with Gasteiger partial charge in [0.15, 0.2) is 0 Å². The van der Waals surface area contributed by atoms with Gasteiger partial charge in [-0.15, -0.1) is 0 Å². The van der Waals surface area contributed by atoms with Crippen molar-refractivity contribution in [2.45, 2.75) is 19.9 Å². The zero-order valence-electron chi connectivity index (χ0n) is 12.0. The molecule has 0 spiro atoms. The SMILES string of the molecule is CCNC(=O)C(C)NC(=O)c1cc(N)nc2ccccc12. The summed E-state index contributed by atoms with van der Waals surface area (Å²) in [6.07, 6.45) is 0. The lowest BCUT2D eigenvalue weighted by Crippen LogP contribution is -2.44. The molecule has 0 fully saturated rings. The average molecular weight is 286 g/mol. The summed E-state index contributed by atoms with van der Waals surface area (Å²) >= 11 is 0. The molecule has 2 aromatic rings. The first-order valence-electron chi connectivity index (χ1n) is 6.76. The smallest absolute Gasteiger partial charge is 0.252 e. The number of likely N-dealkylation sites (N-methyl/N-ethyl adjacent to an activating group) is 1. The first kappa shape index (κ1) is 14.8. The number of aromatic nitrogens is 1. The normalized spacial score (nSPS) is 11.9. The molecular weight excluding hydrogens is 268 g/mol. The van der Waals surface area contributed by atoms with Gasteiger partial charge in [0.05, 0.1) is 11.1 Å². The topological polar surface area (TPSA) is 97.1 Å². The van der Waals surface area contributed by atoms with Crippen molar-refractivity contribution in [2.24, 2.45) is 0 Å². The van der Waals surface area contributed by atoms with Gasteiger partial charge < -0.3 is 16.4 Å². The first-order chi connectivity index (χ1) is 10.0. The molecule has 1 aromatic heterocycles. The Morgan fingerprint density at radius 2 is 2.05 bits per heavy atom. The predicted molar refractivity (Wildman–Crippen MR) is 81.8 cm³/mol. The van der Waals surface area contributed by atoms with E-state index in [1.54, 1.807) is 19.1 Å². The van der Waals surface area contributed by atoms with Crippen LogP contribution in [0, 0.1) is 0 Å². The lowest BCUT2D eigenvalue weighted by molar-refractivity contribution is -0.122. The van der Waals surface area contributed by atoms with Gasteiger partial charge in [0.1, 0.15) is 11.9 Å². The summed E-state index contributed by atoms with van der Waals surface area (Å²) in [6, 6.07) is 8.13. The highest BCUT2D eigenvalue weighted by molar-refractivity contribution is 6.08. The quantitative estimate of drug-likeness (QED) is 0.783. The molecule has 1 aromatic carbocycles. The van der Waals surface area contributed by atoms with Gasteiger partial charge in [-0.3, -0.25) is 9.59 Å². The zero-order chi connectivity index (χ0) is 15.4. The Bertz CT molecular complexity index is 684. The fourth-order valence-corrected chi connectivity index (χ4v) is 2.05. The molecule has 0 aliphatic rings. The summed E-state index contributed by atoms with van der Waals surface area (Å²) in [6.45, 7) is 3.98. The standard InChI is InChI=1S/C15H18N4O2/c1-3-17-14(20)9(2)18-15(21)11-8-13(16)19-12-7-5-4-6-10(11)12/h4-9H,3H2,1-2H3,(H2,16,19)(H,17,20)(H,18,21).